The number of carboxylic acid groups (broad SMARTS) is 2. The van der Waals surface area contributed by atoms with Gasteiger partial charge in [0.15, 0.2) is 6.29 Å². The highest BCUT2D eigenvalue weighted by Crippen LogP contribution is 2.32. The van der Waals surface area contributed by atoms with Gasteiger partial charge in [-0.25, -0.2) is 0 Å². The fraction of sp³-hybridized carbons (Fsp3) is 0.800. The van der Waals surface area contributed by atoms with Crippen LogP contribution in [0.5, 0.6) is 0 Å². The fourth-order valence-electron chi connectivity index (χ4n) is 1.36. The summed E-state index contributed by atoms with van der Waals surface area (Å²) < 4.78 is 10.4. The van der Waals surface area contributed by atoms with Crippen LogP contribution in [-0.2, 0) is 19.1 Å². The van der Waals surface area contributed by atoms with Crippen molar-refractivity contribution in [3.05, 3.63) is 0 Å². The van der Waals surface area contributed by atoms with E-state index in [0.717, 1.165) is 0 Å². The molecule has 0 aromatic carbocycles. The summed E-state index contributed by atoms with van der Waals surface area (Å²) in [5.74, 6) is -2.88. The molecule has 1 saturated heterocycles. The second kappa shape index (κ2) is 4.03. The van der Waals surface area contributed by atoms with E-state index in [4.69, 9.17) is 19.7 Å². The molecule has 1 fully saturated rings. The number of hydrogen-bond acceptors (Lipinski definition) is 4. The SMILES string of the molecule is CC(C)(C)C1OCC(C(=O)O)(C(=O)O)CO1. The van der Waals surface area contributed by atoms with Gasteiger partial charge >= 0.3 is 11.9 Å². The fourth-order valence-corrected chi connectivity index (χ4v) is 1.36. The van der Waals surface area contributed by atoms with E-state index >= 15 is 0 Å². The van der Waals surface area contributed by atoms with Crippen LogP contribution < -0.4 is 0 Å². The van der Waals surface area contributed by atoms with Crippen LogP contribution in [0.2, 0.25) is 0 Å². The topological polar surface area (TPSA) is 93.1 Å². The van der Waals surface area contributed by atoms with E-state index in [1.54, 1.807) is 0 Å². The number of hydrogen-bond donors (Lipinski definition) is 2. The van der Waals surface area contributed by atoms with Crippen LogP contribution in [0.3, 0.4) is 0 Å². The van der Waals surface area contributed by atoms with Gasteiger partial charge in [-0.15, -0.1) is 0 Å². The maximum atomic E-state index is 10.9. The van der Waals surface area contributed by atoms with Crippen molar-refractivity contribution in [1.82, 2.24) is 0 Å². The van der Waals surface area contributed by atoms with Crippen LogP contribution in [0, 0.1) is 10.8 Å². The zero-order chi connectivity index (χ0) is 12.6. The summed E-state index contributed by atoms with van der Waals surface area (Å²) in [6.45, 7) is 4.85. The van der Waals surface area contributed by atoms with Crippen molar-refractivity contribution in [2.75, 3.05) is 13.2 Å². The van der Waals surface area contributed by atoms with Gasteiger partial charge in [0.1, 0.15) is 0 Å². The largest absolute Gasteiger partial charge is 0.480 e. The van der Waals surface area contributed by atoms with Gasteiger partial charge in [-0.2, -0.15) is 0 Å². The van der Waals surface area contributed by atoms with Gasteiger partial charge in [0.25, 0.3) is 0 Å². The highest BCUT2D eigenvalue weighted by molar-refractivity contribution is 5.98. The Hall–Kier alpha value is -1.14. The Bertz CT molecular complexity index is 279. The molecule has 2 N–H and O–H groups in total. The molecule has 0 aromatic heterocycles. The average Bonchev–Trinajstić information content (AvgIpc) is 2.15. The van der Waals surface area contributed by atoms with Gasteiger partial charge in [-0.1, -0.05) is 20.8 Å². The number of rotatable bonds is 2. The normalized spacial score (nSPS) is 21.7. The lowest BCUT2D eigenvalue weighted by Gasteiger charge is -2.39. The quantitative estimate of drug-likeness (QED) is 0.676. The Morgan fingerprint density at radius 1 is 1.12 bits per heavy atom. The van der Waals surface area contributed by atoms with Crippen LogP contribution in [-0.4, -0.2) is 41.7 Å². The zero-order valence-electron chi connectivity index (χ0n) is 9.52. The molecule has 92 valence electrons. The Morgan fingerprint density at radius 2 is 1.50 bits per heavy atom. The maximum absolute atomic E-state index is 10.9. The highest BCUT2D eigenvalue weighted by atomic mass is 16.7. The van der Waals surface area contributed by atoms with Crippen molar-refractivity contribution < 1.29 is 29.3 Å². The van der Waals surface area contributed by atoms with Gasteiger partial charge in [0.05, 0.1) is 13.2 Å². The predicted molar refractivity (Wildman–Crippen MR) is 52.9 cm³/mol. The number of carboxylic acids is 2. The molecule has 0 saturated carbocycles. The summed E-state index contributed by atoms with van der Waals surface area (Å²) in [5, 5.41) is 17.8. The summed E-state index contributed by atoms with van der Waals surface area (Å²) in [7, 11) is 0. The van der Waals surface area contributed by atoms with E-state index in [1.165, 1.54) is 0 Å². The molecular formula is C10H16O6. The Labute approximate surface area is 93.2 Å². The van der Waals surface area contributed by atoms with E-state index in [9.17, 15) is 9.59 Å². The van der Waals surface area contributed by atoms with Gasteiger partial charge in [-0.3, -0.25) is 9.59 Å². The van der Waals surface area contributed by atoms with Crippen LogP contribution in [0.25, 0.3) is 0 Å². The standard InChI is InChI=1S/C10H16O6/c1-9(2,3)8-15-4-10(5-16-8,6(11)12)7(13)14/h8H,4-5H2,1-3H3,(H,11,12)(H,13,14). The van der Waals surface area contributed by atoms with Crippen molar-refractivity contribution in [3.8, 4) is 0 Å². The highest BCUT2D eigenvalue weighted by Gasteiger charge is 2.52. The summed E-state index contributed by atoms with van der Waals surface area (Å²) in [6.07, 6.45) is -0.584. The van der Waals surface area contributed by atoms with E-state index in [-0.39, 0.29) is 18.6 Å². The Kier molecular flexibility index (Phi) is 3.25. The lowest BCUT2D eigenvalue weighted by atomic mass is 9.88. The lowest BCUT2D eigenvalue weighted by Crippen LogP contribution is -2.54. The first-order valence-corrected chi connectivity index (χ1v) is 4.90. The molecule has 0 bridgehead atoms. The lowest BCUT2D eigenvalue weighted by molar-refractivity contribution is -0.264. The molecule has 1 aliphatic heterocycles. The predicted octanol–water partition coefficient (Wildman–Crippen LogP) is 0.561. The minimum absolute atomic E-state index is 0.316. The second-order valence-electron chi connectivity index (χ2n) is 5.01. The van der Waals surface area contributed by atoms with Crippen molar-refractivity contribution in [2.24, 2.45) is 10.8 Å². The molecule has 6 nitrogen and oxygen atoms in total. The molecule has 0 atom stereocenters. The number of aliphatic carboxylic acids is 2. The molecular weight excluding hydrogens is 216 g/mol. The molecule has 6 heteroatoms. The third kappa shape index (κ3) is 2.17. The molecule has 1 heterocycles. The minimum atomic E-state index is -1.98. The van der Waals surface area contributed by atoms with Gasteiger partial charge in [-0.05, 0) is 0 Å². The number of ether oxygens (including phenoxy) is 2. The molecule has 1 aliphatic rings. The van der Waals surface area contributed by atoms with Gasteiger partial charge in [0.2, 0.25) is 5.41 Å². The van der Waals surface area contributed by atoms with Crippen molar-refractivity contribution in [2.45, 2.75) is 27.1 Å². The monoisotopic (exact) mass is 232 g/mol. The van der Waals surface area contributed by atoms with Gasteiger partial charge in [0, 0.05) is 5.41 Å². The first-order valence-electron chi connectivity index (χ1n) is 4.90. The smallest absolute Gasteiger partial charge is 0.325 e. The molecule has 0 radical (unpaired) electrons. The first kappa shape index (κ1) is 12.9. The third-order valence-electron chi connectivity index (χ3n) is 2.49. The molecule has 0 amide bonds. The Balaban J connectivity index is 2.79. The summed E-state index contributed by atoms with van der Waals surface area (Å²) >= 11 is 0. The van der Waals surface area contributed by atoms with E-state index < -0.39 is 23.6 Å². The van der Waals surface area contributed by atoms with Crippen molar-refractivity contribution >= 4 is 11.9 Å². The van der Waals surface area contributed by atoms with Crippen LogP contribution in [0.1, 0.15) is 20.8 Å². The third-order valence-corrected chi connectivity index (χ3v) is 2.49. The maximum Gasteiger partial charge on any atom is 0.325 e. The van der Waals surface area contributed by atoms with Crippen LogP contribution in [0.15, 0.2) is 0 Å². The minimum Gasteiger partial charge on any atom is -0.480 e. The molecule has 0 aromatic rings. The average molecular weight is 232 g/mol. The molecule has 0 unspecified atom stereocenters. The summed E-state index contributed by atoms with van der Waals surface area (Å²) in [6, 6.07) is 0. The van der Waals surface area contributed by atoms with Gasteiger partial charge < -0.3 is 19.7 Å². The van der Waals surface area contributed by atoms with Crippen molar-refractivity contribution in [1.29, 1.82) is 0 Å². The molecule has 16 heavy (non-hydrogen) atoms. The van der Waals surface area contributed by atoms with Crippen LogP contribution >= 0.6 is 0 Å². The zero-order valence-corrected chi connectivity index (χ0v) is 9.52. The molecule has 0 spiro atoms. The van der Waals surface area contributed by atoms with E-state index in [0.29, 0.717) is 0 Å². The van der Waals surface area contributed by atoms with Crippen LogP contribution in [0.4, 0.5) is 0 Å². The summed E-state index contributed by atoms with van der Waals surface area (Å²) in [4.78, 5) is 21.9. The van der Waals surface area contributed by atoms with E-state index in [1.807, 2.05) is 20.8 Å². The second-order valence-corrected chi connectivity index (χ2v) is 5.01. The first-order chi connectivity index (χ1) is 7.20. The Morgan fingerprint density at radius 3 is 1.75 bits per heavy atom. The molecule has 1 rings (SSSR count). The number of carbonyl (C=O) groups is 2. The molecule has 0 aliphatic carbocycles. The summed E-state index contributed by atoms with van der Waals surface area (Å²) in [5.41, 5.74) is -2.30. The van der Waals surface area contributed by atoms with E-state index in [2.05, 4.69) is 0 Å². The van der Waals surface area contributed by atoms with Crippen molar-refractivity contribution in [3.63, 3.8) is 0 Å².